The Balaban J connectivity index is 1.90. The third-order valence-electron chi connectivity index (χ3n) is 4.01. The first kappa shape index (κ1) is 14.5. The molecule has 0 aliphatic heterocycles. The minimum absolute atomic E-state index is 0.00682. The van der Waals surface area contributed by atoms with E-state index in [-0.39, 0.29) is 5.56 Å². The van der Waals surface area contributed by atoms with E-state index >= 15 is 0 Å². The van der Waals surface area contributed by atoms with E-state index in [0.29, 0.717) is 11.3 Å². The van der Waals surface area contributed by atoms with Gasteiger partial charge in [-0.3, -0.25) is 10.1 Å². The fraction of sp³-hybridized carbons (Fsp3) is 0.0526. The Bertz CT molecular complexity index is 1000. The topological polar surface area (TPSA) is 41.6 Å². The molecule has 0 fully saturated rings. The Hall–Kier alpha value is -3.08. The zero-order valence-electron chi connectivity index (χ0n) is 12.6. The number of fused-ring (bicyclic) bond motifs is 1. The van der Waals surface area contributed by atoms with Crippen molar-refractivity contribution in [2.75, 3.05) is 0 Å². The van der Waals surface area contributed by atoms with Crippen LogP contribution in [0.2, 0.25) is 0 Å². The van der Waals surface area contributed by atoms with Crippen LogP contribution in [-0.2, 0) is 0 Å². The van der Waals surface area contributed by atoms with Crippen molar-refractivity contribution in [1.29, 1.82) is 0 Å². The van der Waals surface area contributed by atoms with Crippen LogP contribution in [0.5, 0.6) is 0 Å². The lowest BCUT2D eigenvalue weighted by atomic mass is 9.98. The van der Waals surface area contributed by atoms with E-state index < -0.39 is 6.43 Å². The van der Waals surface area contributed by atoms with Crippen LogP contribution in [0.4, 0.5) is 8.78 Å². The van der Waals surface area contributed by atoms with E-state index in [9.17, 15) is 8.78 Å². The standard InChI is InChI=1S/C19H13F2N3/c20-19(21)13-5-3-4-12(10-13)18-16(11-23-24-18)14-8-9-22-17-7-2-1-6-15(14)17/h1-11,19H,(H,23,24). The number of alkyl halides is 2. The summed E-state index contributed by atoms with van der Waals surface area (Å²) in [4.78, 5) is 4.36. The molecule has 0 bridgehead atoms. The fourth-order valence-corrected chi connectivity index (χ4v) is 2.87. The molecule has 0 radical (unpaired) electrons. The van der Waals surface area contributed by atoms with Crippen molar-refractivity contribution in [3.8, 4) is 22.4 Å². The fourth-order valence-electron chi connectivity index (χ4n) is 2.87. The summed E-state index contributed by atoms with van der Waals surface area (Å²) in [6.07, 6.45) is 0.953. The summed E-state index contributed by atoms with van der Waals surface area (Å²) in [7, 11) is 0. The van der Waals surface area contributed by atoms with Gasteiger partial charge in [0, 0.05) is 28.3 Å². The Kier molecular flexibility index (Phi) is 3.54. The van der Waals surface area contributed by atoms with E-state index in [1.807, 2.05) is 30.3 Å². The van der Waals surface area contributed by atoms with Crippen LogP contribution in [0, 0.1) is 0 Å². The van der Waals surface area contributed by atoms with Gasteiger partial charge >= 0.3 is 0 Å². The first-order chi connectivity index (χ1) is 11.7. The highest BCUT2D eigenvalue weighted by molar-refractivity contribution is 5.97. The lowest BCUT2D eigenvalue weighted by molar-refractivity contribution is 0.151. The van der Waals surface area contributed by atoms with E-state index in [0.717, 1.165) is 22.0 Å². The molecule has 5 heteroatoms. The van der Waals surface area contributed by atoms with E-state index in [1.165, 1.54) is 12.1 Å². The average Bonchev–Trinajstić information content (AvgIpc) is 3.11. The lowest BCUT2D eigenvalue weighted by Gasteiger charge is -2.08. The van der Waals surface area contributed by atoms with Crippen LogP contribution in [0.15, 0.2) is 67.0 Å². The Morgan fingerprint density at radius 1 is 0.917 bits per heavy atom. The van der Waals surface area contributed by atoms with Gasteiger partial charge < -0.3 is 0 Å². The van der Waals surface area contributed by atoms with Crippen LogP contribution < -0.4 is 0 Å². The summed E-state index contributed by atoms with van der Waals surface area (Å²) >= 11 is 0. The van der Waals surface area contributed by atoms with Crippen LogP contribution in [0.3, 0.4) is 0 Å². The van der Waals surface area contributed by atoms with Crippen LogP contribution >= 0.6 is 0 Å². The number of aromatic amines is 1. The number of aromatic nitrogens is 3. The zero-order valence-corrected chi connectivity index (χ0v) is 12.6. The maximum Gasteiger partial charge on any atom is 0.263 e. The maximum absolute atomic E-state index is 13.0. The molecule has 0 saturated carbocycles. The average molecular weight is 321 g/mol. The van der Waals surface area contributed by atoms with E-state index in [4.69, 9.17) is 0 Å². The summed E-state index contributed by atoms with van der Waals surface area (Å²) in [5.41, 5.74) is 4.10. The van der Waals surface area contributed by atoms with Gasteiger partial charge in [0.25, 0.3) is 6.43 Å². The predicted molar refractivity (Wildman–Crippen MR) is 89.7 cm³/mol. The molecule has 0 unspecified atom stereocenters. The Morgan fingerprint density at radius 2 is 1.79 bits per heavy atom. The molecule has 0 spiro atoms. The van der Waals surface area contributed by atoms with Crippen molar-refractivity contribution >= 4 is 10.9 Å². The molecule has 24 heavy (non-hydrogen) atoms. The number of hydrogen-bond acceptors (Lipinski definition) is 2. The molecule has 0 saturated heterocycles. The molecule has 2 heterocycles. The molecule has 1 N–H and O–H groups in total. The van der Waals surface area contributed by atoms with Crippen LogP contribution in [-0.4, -0.2) is 15.2 Å². The number of H-pyrrole nitrogens is 1. The molecule has 0 atom stereocenters. The smallest absolute Gasteiger partial charge is 0.263 e. The molecule has 4 aromatic rings. The maximum atomic E-state index is 13.0. The molecule has 2 aromatic heterocycles. The second-order valence-electron chi connectivity index (χ2n) is 5.46. The second kappa shape index (κ2) is 5.85. The third-order valence-corrected chi connectivity index (χ3v) is 4.01. The first-order valence-electron chi connectivity index (χ1n) is 7.50. The predicted octanol–water partition coefficient (Wildman–Crippen LogP) is 5.23. The number of nitrogens with zero attached hydrogens (tertiary/aromatic N) is 2. The van der Waals surface area contributed by atoms with Gasteiger partial charge in [-0.25, -0.2) is 8.78 Å². The molecule has 2 aromatic carbocycles. The highest BCUT2D eigenvalue weighted by Crippen LogP contribution is 2.35. The van der Waals surface area contributed by atoms with E-state index in [1.54, 1.807) is 24.5 Å². The van der Waals surface area contributed by atoms with Crippen LogP contribution in [0.25, 0.3) is 33.3 Å². The van der Waals surface area contributed by atoms with Gasteiger partial charge in [0.1, 0.15) is 0 Å². The third kappa shape index (κ3) is 2.44. The molecule has 118 valence electrons. The molecule has 0 aliphatic carbocycles. The normalized spacial score (nSPS) is 11.3. The number of hydrogen-bond donors (Lipinski definition) is 1. The first-order valence-corrected chi connectivity index (χ1v) is 7.50. The summed E-state index contributed by atoms with van der Waals surface area (Å²) in [5.74, 6) is 0. The van der Waals surface area contributed by atoms with Crippen molar-refractivity contribution in [1.82, 2.24) is 15.2 Å². The molecule has 4 rings (SSSR count). The molecule has 0 amide bonds. The minimum Gasteiger partial charge on any atom is -0.277 e. The number of para-hydroxylation sites is 1. The van der Waals surface area contributed by atoms with Crippen molar-refractivity contribution in [2.24, 2.45) is 0 Å². The van der Waals surface area contributed by atoms with Gasteiger partial charge in [-0.05, 0) is 23.8 Å². The number of pyridine rings is 1. The number of halogens is 2. The Labute approximate surface area is 137 Å². The van der Waals surface area contributed by atoms with Crippen LogP contribution in [0.1, 0.15) is 12.0 Å². The monoisotopic (exact) mass is 321 g/mol. The van der Waals surface area contributed by atoms with Crippen molar-refractivity contribution in [3.63, 3.8) is 0 Å². The van der Waals surface area contributed by atoms with Gasteiger partial charge in [-0.15, -0.1) is 0 Å². The van der Waals surface area contributed by atoms with Gasteiger partial charge in [-0.2, -0.15) is 5.10 Å². The van der Waals surface area contributed by atoms with Crippen molar-refractivity contribution in [2.45, 2.75) is 6.43 Å². The lowest BCUT2D eigenvalue weighted by Crippen LogP contribution is -1.89. The van der Waals surface area contributed by atoms with Gasteiger partial charge in [0.15, 0.2) is 0 Å². The summed E-state index contributed by atoms with van der Waals surface area (Å²) in [5, 5.41) is 8.05. The molecule has 0 aliphatic rings. The highest BCUT2D eigenvalue weighted by Gasteiger charge is 2.14. The van der Waals surface area contributed by atoms with E-state index in [2.05, 4.69) is 15.2 Å². The molecule has 3 nitrogen and oxygen atoms in total. The second-order valence-corrected chi connectivity index (χ2v) is 5.46. The SMILES string of the molecule is FC(F)c1cccc(-c2[nH]ncc2-c2ccnc3ccccc23)c1. The summed E-state index contributed by atoms with van der Waals surface area (Å²) in [6.45, 7) is 0. The zero-order chi connectivity index (χ0) is 16.5. The molecular weight excluding hydrogens is 308 g/mol. The number of nitrogens with one attached hydrogen (secondary N) is 1. The number of rotatable bonds is 3. The number of benzene rings is 2. The molecular formula is C19H13F2N3. The highest BCUT2D eigenvalue weighted by atomic mass is 19.3. The largest absolute Gasteiger partial charge is 0.277 e. The summed E-state index contributed by atoms with van der Waals surface area (Å²) in [6, 6.07) is 16.1. The van der Waals surface area contributed by atoms with Gasteiger partial charge in [-0.1, -0.05) is 36.4 Å². The quantitative estimate of drug-likeness (QED) is 0.561. The van der Waals surface area contributed by atoms with Crippen molar-refractivity contribution in [3.05, 3.63) is 72.6 Å². The summed E-state index contributed by atoms with van der Waals surface area (Å²) < 4.78 is 26.0. The Morgan fingerprint density at radius 3 is 2.67 bits per heavy atom. The minimum atomic E-state index is -2.50. The van der Waals surface area contributed by atoms with Gasteiger partial charge in [0.2, 0.25) is 0 Å². The van der Waals surface area contributed by atoms with Crippen molar-refractivity contribution < 1.29 is 8.78 Å². The van der Waals surface area contributed by atoms with Gasteiger partial charge in [0.05, 0.1) is 17.4 Å².